The average Bonchev–Trinajstić information content (AvgIpc) is 2.50. The second-order valence-electron chi connectivity index (χ2n) is 22.2. The quantitative estimate of drug-likeness (QED) is 0.154. The van der Waals surface area contributed by atoms with Crippen LogP contribution in [-0.4, -0.2) is 39.0 Å². The molecule has 0 saturated heterocycles. The number of hydrogen-bond acceptors (Lipinski definition) is 6. The Morgan fingerprint density at radius 2 is 0.690 bits per heavy atom. The molecule has 0 spiro atoms. The highest BCUT2D eigenvalue weighted by molar-refractivity contribution is 6.26. The molecule has 19 rings (SSSR count). The average molecular weight is 1070 g/mol. The largest absolute Gasteiger partial charge is 0.278 e. The van der Waals surface area contributed by atoms with Gasteiger partial charge in [0.25, 0.3) is 0 Å². The van der Waals surface area contributed by atoms with Crippen LogP contribution in [0.4, 0.5) is 0 Å². The van der Waals surface area contributed by atoms with E-state index in [1.807, 2.05) is 0 Å². The van der Waals surface area contributed by atoms with Crippen LogP contribution in [-0.2, 0) is 0 Å². The van der Waals surface area contributed by atoms with Crippen molar-refractivity contribution in [2.45, 2.75) is 0 Å². The van der Waals surface area contributed by atoms with E-state index < -0.39 is 0 Å². The summed E-state index contributed by atoms with van der Waals surface area (Å²) in [7, 11) is 0. The molecule has 2 aliphatic rings. The molecule has 0 amide bonds. The Kier molecular flexibility index (Phi) is 9.18. The number of benzene rings is 13. The molecule has 0 radical (unpaired) electrons. The number of para-hydroxylation sites is 4. The molecule has 0 bridgehead atoms. The van der Waals surface area contributed by atoms with Gasteiger partial charge >= 0.3 is 0 Å². The third-order valence-electron chi connectivity index (χ3n) is 17.7. The molecule has 0 unspecified atom stereocenters. The lowest BCUT2D eigenvalue weighted by molar-refractivity contribution is 0.947. The first-order valence-corrected chi connectivity index (χ1v) is 28.4. The van der Waals surface area contributed by atoms with Crippen molar-refractivity contribution in [2.24, 2.45) is 0 Å². The molecule has 4 heterocycles. The number of aromatic nitrogens is 8. The first-order chi connectivity index (χ1) is 41.6. The SMILES string of the molecule is c1cc(-c2cc3c4c(c5ccccc5cc4c2)-c2cc(-c4ncnc(-n5c6ccccc6c6ccccc65)n4)ccc2-3)cc(-c2nc(-c3ccc4c(c3)-c3c5ccccc5cc5cccc-4c35)nc(-n3c4ccccc4c4ccccc43)n2)c1. The van der Waals surface area contributed by atoms with Gasteiger partial charge in [0.1, 0.15) is 6.33 Å². The zero-order valence-electron chi connectivity index (χ0n) is 44.8. The summed E-state index contributed by atoms with van der Waals surface area (Å²) >= 11 is 0. The first-order valence-electron chi connectivity index (χ1n) is 28.4. The minimum atomic E-state index is 0.559. The second kappa shape index (κ2) is 17.0. The van der Waals surface area contributed by atoms with Gasteiger partial charge in [-0.25, -0.2) is 15.0 Å². The molecule has 84 heavy (non-hydrogen) atoms. The van der Waals surface area contributed by atoms with E-state index >= 15 is 0 Å². The van der Waals surface area contributed by atoms with E-state index in [1.165, 1.54) is 82.0 Å². The van der Waals surface area contributed by atoms with Gasteiger partial charge in [-0.15, -0.1) is 0 Å². The monoisotopic (exact) mass is 1070 g/mol. The Balaban J connectivity index is 0.767. The van der Waals surface area contributed by atoms with E-state index in [9.17, 15) is 0 Å². The predicted molar refractivity (Wildman–Crippen MR) is 343 cm³/mol. The van der Waals surface area contributed by atoms with Crippen LogP contribution in [0.3, 0.4) is 0 Å². The molecule has 17 aromatic rings. The molecule has 8 nitrogen and oxygen atoms in total. The third-order valence-corrected chi connectivity index (χ3v) is 17.7. The van der Waals surface area contributed by atoms with Crippen LogP contribution in [0, 0.1) is 0 Å². The predicted octanol–water partition coefficient (Wildman–Crippen LogP) is 18.8. The van der Waals surface area contributed by atoms with E-state index in [-0.39, 0.29) is 0 Å². The standard InChI is InChI=1S/C76H42N8/c1-3-20-52-44(15-1)36-46-18-14-26-60-54-33-32-49(40-62(54)70(52)68(46)60)74-79-73(81-76(82-74)84-66-29-11-7-24-58(66)59-25-8-12-30-67(59)84)47-19-13-17-43(35-47)50-38-51-37-45-16-2-4-21-53(45)71-63-39-48(31-34-55(63)61(41-50)69(51)71)72-77-42-78-75(80-72)83-64-27-9-5-22-56(64)57-23-6-10-28-65(57)83/h1-42H. The molecule has 386 valence electrons. The van der Waals surface area contributed by atoms with E-state index in [1.54, 1.807) is 6.33 Å². The van der Waals surface area contributed by atoms with Gasteiger partial charge in [0.2, 0.25) is 11.9 Å². The summed E-state index contributed by atoms with van der Waals surface area (Å²) in [6, 6.07) is 89.5. The lowest BCUT2D eigenvalue weighted by Crippen LogP contribution is -2.06. The molecule has 8 heteroatoms. The van der Waals surface area contributed by atoms with Crippen LogP contribution in [0.5, 0.6) is 0 Å². The highest BCUT2D eigenvalue weighted by atomic mass is 15.2. The number of hydrogen-bond donors (Lipinski definition) is 0. The number of nitrogens with zero attached hydrogens (tertiary/aromatic N) is 8. The van der Waals surface area contributed by atoms with Crippen molar-refractivity contribution in [3.05, 3.63) is 255 Å². The fraction of sp³-hybridized carbons (Fsp3) is 0. The maximum atomic E-state index is 5.45. The minimum absolute atomic E-state index is 0.559. The van der Waals surface area contributed by atoms with Crippen LogP contribution >= 0.6 is 0 Å². The molecular formula is C76H42N8. The van der Waals surface area contributed by atoms with E-state index in [0.717, 1.165) is 77.0 Å². The van der Waals surface area contributed by atoms with Crippen LogP contribution in [0.15, 0.2) is 255 Å². The maximum absolute atomic E-state index is 5.45. The zero-order chi connectivity index (χ0) is 54.7. The van der Waals surface area contributed by atoms with Crippen molar-refractivity contribution in [1.82, 2.24) is 39.0 Å². The Labute approximate surface area is 479 Å². The highest BCUT2D eigenvalue weighted by Crippen LogP contribution is 2.54. The van der Waals surface area contributed by atoms with E-state index in [0.29, 0.717) is 29.4 Å². The van der Waals surface area contributed by atoms with Gasteiger partial charge in [0.15, 0.2) is 17.5 Å². The van der Waals surface area contributed by atoms with Crippen molar-refractivity contribution in [2.75, 3.05) is 0 Å². The van der Waals surface area contributed by atoms with Crippen LogP contribution in [0.1, 0.15) is 0 Å². The highest BCUT2D eigenvalue weighted by Gasteiger charge is 2.28. The Hall–Kier alpha value is -11.5. The summed E-state index contributed by atoms with van der Waals surface area (Å²) in [5.74, 6) is 2.95. The number of fused-ring (bicyclic) bond motifs is 16. The molecule has 0 fully saturated rings. The lowest BCUT2D eigenvalue weighted by Gasteiger charge is -2.13. The first kappa shape index (κ1) is 45.3. The van der Waals surface area contributed by atoms with Gasteiger partial charge < -0.3 is 0 Å². The second-order valence-corrected chi connectivity index (χ2v) is 22.2. The molecule has 0 saturated carbocycles. The smallest absolute Gasteiger partial charge is 0.238 e. The molecule has 0 atom stereocenters. The van der Waals surface area contributed by atoms with Crippen LogP contribution in [0.25, 0.3) is 188 Å². The van der Waals surface area contributed by atoms with Gasteiger partial charge in [0.05, 0.1) is 22.1 Å². The Morgan fingerprint density at radius 3 is 1.31 bits per heavy atom. The molecule has 4 aromatic heterocycles. The summed E-state index contributed by atoms with van der Waals surface area (Å²) in [5.41, 5.74) is 18.7. The molecule has 13 aromatic carbocycles. The van der Waals surface area contributed by atoms with Crippen molar-refractivity contribution in [3.8, 4) is 102 Å². The van der Waals surface area contributed by atoms with Gasteiger partial charge in [-0.1, -0.05) is 182 Å². The summed E-state index contributed by atoms with van der Waals surface area (Å²) in [5, 5.41) is 14.4. The minimum Gasteiger partial charge on any atom is -0.278 e. The maximum Gasteiger partial charge on any atom is 0.238 e. The summed E-state index contributed by atoms with van der Waals surface area (Å²) in [4.78, 5) is 31.1. The van der Waals surface area contributed by atoms with Crippen molar-refractivity contribution < 1.29 is 0 Å². The van der Waals surface area contributed by atoms with Gasteiger partial charge in [-0.3, -0.25) is 9.13 Å². The van der Waals surface area contributed by atoms with E-state index in [4.69, 9.17) is 29.9 Å². The third kappa shape index (κ3) is 6.41. The normalized spacial score (nSPS) is 12.3. The summed E-state index contributed by atoms with van der Waals surface area (Å²) in [6.07, 6.45) is 1.64. The Morgan fingerprint density at radius 1 is 0.238 bits per heavy atom. The zero-order valence-corrected chi connectivity index (χ0v) is 44.8. The molecule has 0 aliphatic heterocycles. The van der Waals surface area contributed by atoms with Crippen LogP contribution < -0.4 is 0 Å². The lowest BCUT2D eigenvalue weighted by atomic mass is 9.92. The van der Waals surface area contributed by atoms with Crippen molar-refractivity contribution in [3.63, 3.8) is 0 Å². The summed E-state index contributed by atoms with van der Waals surface area (Å²) < 4.78 is 4.34. The molecule has 0 N–H and O–H groups in total. The Bertz CT molecular complexity index is 5660. The van der Waals surface area contributed by atoms with Crippen molar-refractivity contribution >= 4 is 86.7 Å². The van der Waals surface area contributed by atoms with Gasteiger partial charge in [0, 0.05) is 38.2 Å². The fourth-order valence-electron chi connectivity index (χ4n) is 14.1. The molecular weight excluding hydrogens is 1020 g/mol. The summed E-state index contributed by atoms with van der Waals surface area (Å²) in [6.45, 7) is 0. The fourth-order valence-corrected chi connectivity index (χ4v) is 14.1. The van der Waals surface area contributed by atoms with Gasteiger partial charge in [-0.2, -0.15) is 15.0 Å². The molecule has 2 aliphatic carbocycles. The van der Waals surface area contributed by atoms with Crippen molar-refractivity contribution in [1.29, 1.82) is 0 Å². The van der Waals surface area contributed by atoms with E-state index in [2.05, 4.69) is 258 Å². The van der Waals surface area contributed by atoms with Crippen LogP contribution in [0.2, 0.25) is 0 Å². The topological polar surface area (TPSA) is 87.2 Å². The number of rotatable bonds is 6. The van der Waals surface area contributed by atoms with Gasteiger partial charge in [-0.05, 0) is 165 Å².